The number of rotatable bonds is 0. The topological polar surface area (TPSA) is 18.5 Å². The average molecular weight is 328 g/mol. The van der Waals surface area contributed by atoms with Gasteiger partial charge in [-0.3, -0.25) is 0 Å². The van der Waals surface area contributed by atoms with Crippen molar-refractivity contribution in [3.63, 3.8) is 0 Å². The fraction of sp³-hybridized carbons (Fsp3) is 0.615. The van der Waals surface area contributed by atoms with E-state index in [1.54, 1.807) is 0 Å². The third-order valence-electron chi connectivity index (χ3n) is 2.21. The second-order valence-electron chi connectivity index (χ2n) is 3.67. The van der Waals surface area contributed by atoms with Crippen molar-refractivity contribution in [2.24, 2.45) is 0 Å². The summed E-state index contributed by atoms with van der Waals surface area (Å²) in [4.78, 5) is 0. The average Bonchev–Trinajstić information content (AvgIpc) is 3.19. The minimum absolute atomic E-state index is 0.556. The molecule has 2 nitrogen and oxygen atoms in total. The molecule has 0 spiro atoms. The van der Waals surface area contributed by atoms with Gasteiger partial charge in [0.15, 0.2) is 0 Å². The van der Waals surface area contributed by atoms with E-state index in [2.05, 4.69) is 0 Å². The van der Waals surface area contributed by atoms with Crippen molar-refractivity contribution >= 4 is 18.6 Å². The molecule has 1 radical (unpaired) electrons. The fourth-order valence-electron chi connectivity index (χ4n) is 1.34. The van der Waals surface area contributed by atoms with Gasteiger partial charge >= 0.3 is 35.6 Å². The Balaban J connectivity index is 0.000000219. The minimum atomic E-state index is -0.556. The molecule has 103 valence electrons. The summed E-state index contributed by atoms with van der Waals surface area (Å²) >= 11 is -0.556. The van der Waals surface area contributed by atoms with Crippen LogP contribution in [0.3, 0.4) is 0 Å². The van der Waals surface area contributed by atoms with Crippen molar-refractivity contribution in [2.75, 3.05) is 26.4 Å². The molecule has 2 fully saturated rings. The van der Waals surface area contributed by atoms with Gasteiger partial charge in [-0.05, 0) is 25.7 Å². The molecule has 0 aromatic heterocycles. The predicted octanol–water partition coefficient (Wildman–Crippen LogP) is 4.29. The molecular weight excluding hydrogens is 307 g/mol. The molecule has 3 aliphatic rings. The number of hydrogen-bond acceptors (Lipinski definition) is 2. The summed E-state index contributed by atoms with van der Waals surface area (Å²) in [6.07, 6.45) is 15.1. The van der Waals surface area contributed by atoms with Crippen molar-refractivity contribution in [2.45, 2.75) is 25.7 Å². The summed E-state index contributed by atoms with van der Waals surface area (Å²) in [5.41, 5.74) is 0. The van der Waals surface area contributed by atoms with Crippen molar-refractivity contribution in [3.05, 3.63) is 30.7 Å². The molecule has 0 amide bonds. The molecule has 0 aromatic rings. The molecule has 3 rings (SSSR count). The monoisotopic (exact) mass is 327 g/mol. The van der Waals surface area contributed by atoms with Crippen LogP contribution in [-0.2, 0) is 26.5 Å². The van der Waals surface area contributed by atoms with Crippen molar-refractivity contribution in [3.8, 4) is 0 Å². The first kappa shape index (κ1) is 18.7. The van der Waals surface area contributed by atoms with Crippen LogP contribution in [0.15, 0.2) is 24.3 Å². The zero-order chi connectivity index (χ0) is 13.3. The van der Waals surface area contributed by atoms with Crippen LogP contribution in [0, 0.1) is 6.42 Å². The summed E-state index contributed by atoms with van der Waals surface area (Å²) in [7, 11) is 9.78. The van der Waals surface area contributed by atoms with Crippen LogP contribution in [0.5, 0.6) is 0 Å². The molecule has 18 heavy (non-hydrogen) atoms. The third kappa shape index (κ3) is 16.7. The van der Waals surface area contributed by atoms with Gasteiger partial charge in [-0.2, -0.15) is 0 Å². The van der Waals surface area contributed by atoms with Gasteiger partial charge in [-0.15, -0.1) is 0 Å². The van der Waals surface area contributed by atoms with Crippen LogP contribution in [-0.4, -0.2) is 26.4 Å². The number of allylic oxidation sites excluding steroid dienone is 4. The van der Waals surface area contributed by atoms with Crippen molar-refractivity contribution in [1.82, 2.24) is 0 Å². The summed E-state index contributed by atoms with van der Waals surface area (Å²) in [5, 5.41) is 0. The Bertz CT molecular complexity index is 168. The Morgan fingerprint density at radius 3 is 1.11 bits per heavy atom. The summed E-state index contributed by atoms with van der Waals surface area (Å²) in [5.74, 6) is 0. The molecule has 0 saturated carbocycles. The van der Waals surface area contributed by atoms with Crippen molar-refractivity contribution in [1.29, 1.82) is 0 Å². The first-order valence-electron chi connectivity index (χ1n) is 6.20. The van der Waals surface area contributed by atoms with E-state index in [0.717, 1.165) is 26.4 Å². The first-order chi connectivity index (χ1) is 8.91. The molecule has 0 aromatic carbocycles. The first-order valence-corrected chi connectivity index (χ1v) is 10.5. The maximum atomic E-state index is 4.94. The van der Waals surface area contributed by atoms with E-state index in [4.69, 9.17) is 28.1 Å². The van der Waals surface area contributed by atoms with Gasteiger partial charge in [0.2, 0.25) is 0 Å². The van der Waals surface area contributed by atoms with Crippen LogP contribution >= 0.6 is 18.6 Å². The zero-order valence-corrected chi connectivity index (χ0v) is 13.7. The van der Waals surface area contributed by atoms with Gasteiger partial charge < -0.3 is 9.47 Å². The van der Waals surface area contributed by atoms with Crippen LogP contribution in [0.25, 0.3) is 0 Å². The van der Waals surface area contributed by atoms with Gasteiger partial charge in [0.25, 0.3) is 0 Å². The predicted molar refractivity (Wildman–Crippen MR) is 74.4 cm³/mol. The van der Waals surface area contributed by atoms with E-state index < -0.39 is 17.0 Å². The van der Waals surface area contributed by atoms with Crippen LogP contribution in [0.2, 0.25) is 0 Å². The Morgan fingerprint density at radius 2 is 1.00 bits per heavy atom. The molecule has 0 bridgehead atoms. The van der Waals surface area contributed by atoms with E-state index in [9.17, 15) is 0 Å². The Kier molecular flexibility index (Phi) is 18.4. The molecule has 1 aliphatic carbocycles. The Morgan fingerprint density at radius 1 is 0.667 bits per heavy atom. The summed E-state index contributed by atoms with van der Waals surface area (Å²) in [6.45, 7) is 4.00. The van der Waals surface area contributed by atoms with E-state index in [0.29, 0.717) is 0 Å². The molecule has 2 aliphatic heterocycles. The Labute approximate surface area is 127 Å². The fourth-order valence-corrected chi connectivity index (χ4v) is 1.34. The van der Waals surface area contributed by atoms with E-state index in [1.165, 1.54) is 25.7 Å². The van der Waals surface area contributed by atoms with Gasteiger partial charge in [0.05, 0.1) is 0 Å². The van der Waals surface area contributed by atoms with Crippen molar-refractivity contribution < 1.29 is 26.5 Å². The second kappa shape index (κ2) is 17.7. The van der Waals surface area contributed by atoms with E-state index in [1.807, 2.05) is 30.7 Å². The normalized spacial score (nSPS) is 19.0. The second-order valence-corrected chi connectivity index (χ2v) is 6.25. The van der Waals surface area contributed by atoms with Gasteiger partial charge in [-0.25, -0.2) is 0 Å². The van der Waals surface area contributed by atoms with E-state index in [-0.39, 0.29) is 0 Å². The zero-order valence-electron chi connectivity index (χ0n) is 10.6. The molecule has 2 saturated heterocycles. The number of hydrogen-bond donors (Lipinski definition) is 0. The van der Waals surface area contributed by atoms with E-state index >= 15 is 0 Å². The molecule has 5 heteroatoms. The SMILES string of the molecule is C1CCOC1.C1CCOC1.[CH]1C=CC=C1.[Cl][Ti][Cl]. The maximum absolute atomic E-state index is 4.94. The molecule has 0 atom stereocenters. The molecular formula is C13H21Cl2O2Ti. The Hall–Kier alpha value is 0.694. The van der Waals surface area contributed by atoms with Gasteiger partial charge in [0, 0.05) is 32.8 Å². The van der Waals surface area contributed by atoms with Gasteiger partial charge in [-0.1, -0.05) is 24.3 Å². The number of halogens is 2. The molecule has 2 heterocycles. The molecule has 0 unspecified atom stereocenters. The summed E-state index contributed by atoms with van der Waals surface area (Å²) in [6, 6.07) is 0. The number of ether oxygens (including phenoxy) is 2. The third-order valence-corrected chi connectivity index (χ3v) is 2.21. The standard InChI is InChI=1S/C5H5.2C4H8O.2ClH.Ti/c3*1-2-4-5-3-1;;;/h1-5H;2*1-4H2;2*1H;/q;;;;;+2/p-2. The van der Waals surface area contributed by atoms with Crippen LogP contribution in [0.1, 0.15) is 25.7 Å². The van der Waals surface area contributed by atoms with Crippen LogP contribution < -0.4 is 0 Å². The summed E-state index contributed by atoms with van der Waals surface area (Å²) < 4.78 is 9.89. The van der Waals surface area contributed by atoms with Crippen LogP contribution in [0.4, 0.5) is 0 Å². The molecule has 0 N–H and O–H groups in total. The van der Waals surface area contributed by atoms with Gasteiger partial charge in [0.1, 0.15) is 0 Å². The quantitative estimate of drug-likeness (QED) is 0.618.